The molecular weight excluding hydrogens is 400 g/mol. The van der Waals surface area contributed by atoms with Gasteiger partial charge in [-0.3, -0.25) is 4.79 Å². The molecule has 160 valence electrons. The predicted molar refractivity (Wildman–Crippen MR) is 124 cm³/mol. The lowest BCUT2D eigenvalue weighted by Crippen LogP contribution is -2.35. The van der Waals surface area contributed by atoms with E-state index < -0.39 is 0 Å². The topological polar surface area (TPSA) is 52.3 Å². The molecule has 32 heavy (non-hydrogen) atoms. The summed E-state index contributed by atoms with van der Waals surface area (Å²) in [6.45, 7) is 1.26. The molecule has 0 N–H and O–H groups in total. The van der Waals surface area contributed by atoms with Gasteiger partial charge < -0.3 is 14.2 Å². The Bertz CT molecular complexity index is 1240. The minimum atomic E-state index is -0.0168. The highest BCUT2D eigenvalue weighted by atomic mass is 16.5. The van der Waals surface area contributed by atoms with Crippen LogP contribution in [-0.2, 0) is 0 Å². The summed E-state index contributed by atoms with van der Waals surface area (Å²) in [7, 11) is 1.64. The van der Waals surface area contributed by atoms with Gasteiger partial charge in [0.15, 0.2) is 5.82 Å². The second-order valence-electron chi connectivity index (χ2n) is 7.68. The number of aromatic nitrogens is 3. The third-order valence-corrected chi connectivity index (χ3v) is 5.78. The molecule has 1 aliphatic rings. The van der Waals surface area contributed by atoms with Crippen LogP contribution in [0.4, 0.5) is 0 Å². The van der Waals surface area contributed by atoms with Crippen LogP contribution in [0.25, 0.3) is 17.1 Å². The van der Waals surface area contributed by atoms with Gasteiger partial charge >= 0.3 is 0 Å². The number of rotatable bonds is 5. The van der Waals surface area contributed by atoms with Gasteiger partial charge in [-0.2, -0.15) is 5.10 Å². The zero-order valence-corrected chi connectivity index (χ0v) is 17.9. The zero-order valence-electron chi connectivity index (χ0n) is 17.9. The highest BCUT2D eigenvalue weighted by Crippen LogP contribution is 2.26. The molecular formula is C26H24N4O2. The van der Waals surface area contributed by atoms with E-state index in [1.807, 2.05) is 76.5 Å². The first-order valence-electron chi connectivity index (χ1n) is 10.6. The van der Waals surface area contributed by atoms with E-state index in [1.165, 1.54) is 11.1 Å². The molecule has 0 saturated carbocycles. The number of carbonyl (C=O) groups is 1. The van der Waals surface area contributed by atoms with Gasteiger partial charge in [-0.15, -0.1) is 0 Å². The van der Waals surface area contributed by atoms with Crippen LogP contribution >= 0.6 is 0 Å². The van der Waals surface area contributed by atoms with Crippen LogP contribution in [0, 0.1) is 0 Å². The molecule has 0 spiro atoms. The van der Waals surface area contributed by atoms with Crippen molar-refractivity contribution in [2.75, 3.05) is 20.2 Å². The van der Waals surface area contributed by atoms with Crippen LogP contribution in [-0.4, -0.2) is 45.4 Å². The molecule has 2 aromatic carbocycles. The number of carbonyl (C=O) groups excluding carboxylic acids is 1. The molecule has 2 aromatic heterocycles. The Morgan fingerprint density at radius 3 is 2.38 bits per heavy atom. The van der Waals surface area contributed by atoms with Crippen molar-refractivity contribution in [3.8, 4) is 17.3 Å². The zero-order chi connectivity index (χ0) is 21.9. The van der Waals surface area contributed by atoms with E-state index in [-0.39, 0.29) is 5.91 Å². The third kappa shape index (κ3) is 3.71. The molecule has 6 heteroatoms. The molecule has 0 atom stereocenters. The molecule has 0 unspecified atom stereocenters. The van der Waals surface area contributed by atoms with Crippen LogP contribution in [0.5, 0.6) is 5.75 Å². The number of methoxy groups -OCH3 is 1. The maximum atomic E-state index is 13.5. The summed E-state index contributed by atoms with van der Waals surface area (Å²) in [5, 5.41) is 4.57. The van der Waals surface area contributed by atoms with Crippen LogP contribution in [0.15, 0.2) is 91.4 Å². The molecule has 1 amide bonds. The summed E-state index contributed by atoms with van der Waals surface area (Å²) in [5.41, 5.74) is 3.95. The fraction of sp³-hybridized carbons (Fsp3) is 0.154. The number of nitrogens with zero attached hydrogens (tertiary/aromatic N) is 4. The summed E-state index contributed by atoms with van der Waals surface area (Å²) in [6, 6.07) is 21.9. The van der Waals surface area contributed by atoms with Crippen LogP contribution < -0.4 is 4.74 Å². The van der Waals surface area contributed by atoms with Gasteiger partial charge in [0.25, 0.3) is 5.91 Å². The lowest BCUT2D eigenvalue weighted by molar-refractivity contribution is 0.0773. The minimum Gasteiger partial charge on any atom is -0.497 e. The monoisotopic (exact) mass is 424 g/mol. The number of amides is 1. The summed E-state index contributed by atoms with van der Waals surface area (Å²) >= 11 is 0. The molecule has 5 rings (SSSR count). The average molecular weight is 425 g/mol. The Morgan fingerprint density at radius 1 is 0.969 bits per heavy atom. The fourth-order valence-corrected chi connectivity index (χ4v) is 4.07. The number of hydrogen-bond acceptors (Lipinski definition) is 3. The van der Waals surface area contributed by atoms with Gasteiger partial charge in [0.05, 0.1) is 19.0 Å². The molecule has 0 fully saturated rings. The Balaban J connectivity index is 1.46. The summed E-state index contributed by atoms with van der Waals surface area (Å²) in [4.78, 5) is 15.4. The fourth-order valence-electron chi connectivity index (χ4n) is 4.07. The molecule has 0 bridgehead atoms. The van der Waals surface area contributed by atoms with Crippen molar-refractivity contribution < 1.29 is 9.53 Å². The molecule has 0 radical (unpaired) electrons. The first-order valence-corrected chi connectivity index (χ1v) is 10.6. The normalized spacial score (nSPS) is 13.7. The second kappa shape index (κ2) is 8.59. The summed E-state index contributed by atoms with van der Waals surface area (Å²) < 4.78 is 8.99. The molecule has 1 aliphatic heterocycles. The predicted octanol–water partition coefficient (Wildman–Crippen LogP) is 4.60. The molecule has 3 heterocycles. The number of hydrogen-bond donors (Lipinski definition) is 0. The quantitative estimate of drug-likeness (QED) is 0.470. The first kappa shape index (κ1) is 19.9. The van der Waals surface area contributed by atoms with E-state index >= 15 is 0 Å². The SMILES string of the molecule is COc1ccc(-n2ncc(C(=O)N3CC=C(c4ccccc4)CC3)c2-n2cccc2)cc1. The van der Waals surface area contributed by atoms with Crippen molar-refractivity contribution in [1.82, 2.24) is 19.2 Å². The van der Waals surface area contributed by atoms with E-state index in [1.54, 1.807) is 18.0 Å². The van der Waals surface area contributed by atoms with Gasteiger partial charge in [-0.1, -0.05) is 36.4 Å². The molecule has 4 aromatic rings. The maximum Gasteiger partial charge on any atom is 0.259 e. The first-order chi connectivity index (χ1) is 15.7. The molecule has 0 saturated heterocycles. The standard InChI is InChI=1S/C26H24N4O2/c1-32-23-11-9-22(10-12-23)30-25(28-15-5-6-16-28)24(19-27-30)26(31)29-17-13-21(14-18-29)20-7-3-2-4-8-20/h2-13,15-16,19H,14,17-18H2,1H3. The van der Waals surface area contributed by atoms with Crippen molar-refractivity contribution in [3.05, 3.63) is 103 Å². The Kier molecular flexibility index (Phi) is 5.34. The summed E-state index contributed by atoms with van der Waals surface area (Å²) in [5.74, 6) is 1.48. The van der Waals surface area contributed by atoms with Crippen molar-refractivity contribution in [3.63, 3.8) is 0 Å². The average Bonchev–Trinajstić information content (AvgIpc) is 3.54. The molecule has 0 aliphatic carbocycles. The second-order valence-corrected chi connectivity index (χ2v) is 7.68. The third-order valence-electron chi connectivity index (χ3n) is 5.78. The van der Waals surface area contributed by atoms with Crippen molar-refractivity contribution in [2.24, 2.45) is 0 Å². The van der Waals surface area contributed by atoms with Crippen molar-refractivity contribution >= 4 is 11.5 Å². The van der Waals surface area contributed by atoms with Crippen LogP contribution in [0.2, 0.25) is 0 Å². The largest absolute Gasteiger partial charge is 0.497 e. The minimum absolute atomic E-state index is 0.0168. The lowest BCUT2D eigenvalue weighted by Gasteiger charge is -2.27. The van der Waals surface area contributed by atoms with Crippen LogP contribution in [0.1, 0.15) is 22.3 Å². The Morgan fingerprint density at radius 2 is 1.72 bits per heavy atom. The van der Waals surface area contributed by atoms with Crippen LogP contribution in [0.3, 0.4) is 0 Å². The van der Waals surface area contributed by atoms with Gasteiger partial charge in [0.2, 0.25) is 0 Å². The van der Waals surface area contributed by atoms with Gasteiger partial charge in [-0.25, -0.2) is 4.68 Å². The lowest BCUT2D eigenvalue weighted by atomic mass is 9.99. The highest BCUT2D eigenvalue weighted by Gasteiger charge is 2.25. The van der Waals surface area contributed by atoms with E-state index in [4.69, 9.17) is 4.74 Å². The van der Waals surface area contributed by atoms with E-state index in [0.717, 1.165) is 23.7 Å². The smallest absolute Gasteiger partial charge is 0.259 e. The maximum absolute atomic E-state index is 13.5. The highest BCUT2D eigenvalue weighted by molar-refractivity contribution is 5.97. The number of benzene rings is 2. The van der Waals surface area contributed by atoms with Crippen molar-refractivity contribution in [2.45, 2.75) is 6.42 Å². The van der Waals surface area contributed by atoms with Gasteiger partial charge in [0.1, 0.15) is 11.3 Å². The Labute approximate surface area is 187 Å². The van der Waals surface area contributed by atoms with E-state index in [2.05, 4.69) is 23.3 Å². The van der Waals surface area contributed by atoms with Gasteiger partial charge in [-0.05, 0) is 54.0 Å². The van der Waals surface area contributed by atoms with Gasteiger partial charge in [0, 0.05) is 25.5 Å². The molecule has 6 nitrogen and oxygen atoms in total. The number of ether oxygens (including phenoxy) is 1. The Hall–Kier alpha value is -4.06. The summed E-state index contributed by atoms with van der Waals surface area (Å²) in [6.07, 6.45) is 8.51. The van der Waals surface area contributed by atoms with Crippen molar-refractivity contribution in [1.29, 1.82) is 0 Å². The van der Waals surface area contributed by atoms with E-state index in [0.29, 0.717) is 18.7 Å². The van der Waals surface area contributed by atoms with E-state index in [9.17, 15) is 4.79 Å².